The molecule has 3 aliphatic heterocycles. The number of cyclic esters (lactones) is 1. The third kappa shape index (κ3) is 14.9. The van der Waals surface area contributed by atoms with E-state index in [1.165, 1.54) is 14.0 Å². The molecule has 1 aromatic carbocycles. The zero-order valence-electron chi connectivity index (χ0n) is 44.4. The monoisotopic (exact) mass is 998 g/mol. The SMILES string of the molecule is CC[C@H]1OC(=O)[C@H](C)[C@@H](O[C@H]2C[C@@](C)(OC)[C@@H](O)[C@H](C)O2)[C@H](C)[C@@H](O[C@@H]2O[C@H](C)C[C@H](N(C)C)[C@H]2O)[C@](C)(O)C[C@@H](C)CN(CCCNC(=S)Nc2ccc(N(CC)CC)cc2)[C@H](C)[C@@H](O)[C@]1(C)O. The second kappa shape index (κ2) is 25.6. The summed E-state index contributed by atoms with van der Waals surface area (Å²) < 4.78 is 38.2. The Bertz CT molecular complexity index is 1740. The first-order chi connectivity index (χ1) is 32.2. The van der Waals surface area contributed by atoms with E-state index in [0.29, 0.717) is 37.6 Å². The quantitative estimate of drug-likeness (QED) is 0.0734. The van der Waals surface area contributed by atoms with Crippen LogP contribution in [0.1, 0.15) is 115 Å². The molecule has 0 amide bonds. The van der Waals surface area contributed by atoms with E-state index in [9.17, 15) is 30.3 Å². The molecule has 18 heteroatoms. The summed E-state index contributed by atoms with van der Waals surface area (Å²) in [7, 11) is 5.29. The Hall–Kier alpha value is -2.30. The second-order valence-electron chi connectivity index (χ2n) is 21.2. The van der Waals surface area contributed by atoms with Crippen molar-refractivity contribution in [1.82, 2.24) is 15.1 Å². The highest BCUT2D eigenvalue weighted by molar-refractivity contribution is 7.80. The molecule has 3 fully saturated rings. The first kappa shape index (κ1) is 59.3. The Morgan fingerprint density at radius 2 is 1.57 bits per heavy atom. The first-order valence-corrected chi connectivity index (χ1v) is 25.8. The maximum Gasteiger partial charge on any atom is 0.311 e. The fourth-order valence-electron chi connectivity index (χ4n) is 10.9. The average Bonchev–Trinajstić information content (AvgIpc) is 3.29. The van der Waals surface area contributed by atoms with E-state index >= 15 is 0 Å². The minimum absolute atomic E-state index is 0.112. The minimum Gasteiger partial charge on any atom is -0.459 e. The van der Waals surface area contributed by atoms with Crippen molar-refractivity contribution in [3.05, 3.63) is 24.3 Å². The molecule has 69 heavy (non-hydrogen) atoms. The van der Waals surface area contributed by atoms with E-state index in [-0.39, 0.29) is 37.3 Å². The van der Waals surface area contributed by atoms with Crippen LogP contribution in [0.5, 0.6) is 0 Å². The molecule has 0 saturated carbocycles. The summed E-state index contributed by atoms with van der Waals surface area (Å²) in [6.45, 7) is 25.2. The smallest absolute Gasteiger partial charge is 0.311 e. The summed E-state index contributed by atoms with van der Waals surface area (Å²) in [5, 5.41) is 67.2. The van der Waals surface area contributed by atoms with Crippen molar-refractivity contribution in [3.8, 4) is 0 Å². The van der Waals surface area contributed by atoms with Crippen LogP contribution in [0, 0.1) is 17.8 Å². The molecule has 1 aromatic rings. The van der Waals surface area contributed by atoms with Gasteiger partial charge in [0.25, 0.3) is 0 Å². The molecule has 3 saturated heterocycles. The molecule has 0 radical (unpaired) electrons. The van der Waals surface area contributed by atoms with E-state index in [0.717, 1.165) is 24.5 Å². The standard InChI is InChI=1S/C51H91N5O12S/c1-16-39-51(12,62)43(58)34(8)56(25-19-24-52-48(69)53-36-20-22-37(23-21-36)55(17-2)18-3)29-30(4)27-49(10,61)45(68-47-41(57)38(54(13)14)26-31(5)64-47)32(6)42(33(7)46(60)66-39)67-40-28-50(11,63-15)44(59)35(9)65-40/h20-23,30-35,38-45,47,57-59,61-62H,16-19,24-29H2,1-15H3,(H2,52,53,69)/t30-,31-,32+,33-,34-,35+,38+,39-,40+,41-,42+,43-,44+,45-,47+,49-,50-,51-/m1/s1. The summed E-state index contributed by atoms with van der Waals surface area (Å²) in [4.78, 5) is 20.9. The molecule has 0 unspecified atom stereocenters. The van der Waals surface area contributed by atoms with Crippen LogP contribution in [-0.4, -0.2) is 191 Å². The zero-order chi connectivity index (χ0) is 51.8. The van der Waals surface area contributed by atoms with Crippen LogP contribution in [0.15, 0.2) is 24.3 Å². The summed E-state index contributed by atoms with van der Waals surface area (Å²) in [5.41, 5.74) is -2.56. The summed E-state index contributed by atoms with van der Waals surface area (Å²) in [6.07, 6.45) is -8.16. The molecule has 0 spiro atoms. The van der Waals surface area contributed by atoms with Crippen LogP contribution in [0.3, 0.4) is 0 Å². The number of likely N-dealkylation sites (N-methyl/N-ethyl adjacent to an activating group) is 1. The molecule has 7 N–H and O–H groups in total. The first-order valence-electron chi connectivity index (χ1n) is 25.4. The lowest BCUT2D eigenvalue weighted by Crippen LogP contribution is -2.60. The number of aliphatic hydroxyl groups is 5. The topological polar surface area (TPSA) is 207 Å². The molecule has 3 aliphatic rings. The van der Waals surface area contributed by atoms with Crippen molar-refractivity contribution < 1.29 is 58.7 Å². The number of carbonyl (C=O) groups is 1. The van der Waals surface area contributed by atoms with E-state index in [4.69, 9.17) is 40.6 Å². The Kier molecular flexibility index (Phi) is 22.0. The van der Waals surface area contributed by atoms with E-state index in [1.807, 2.05) is 58.8 Å². The van der Waals surface area contributed by atoms with Gasteiger partial charge in [0, 0.05) is 75.6 Å². The Morgan fingerprint density at radius 3 is 2.14 bits per heavy atom. The van der Waals surface area contributed by atoms with Crippen molar-refractivity contribution in [2.24, 2.45) is 17.8 Å². The van der Waals surface area contributed by atoms with E-state index in [1.54, 1.807) is 34.6 Å². The molecular formula is C51H91N5O12S. The number of hydrogen-bond acceptors (Lipinski definition) is 16. The highest BCUT2D eigenvalue weighted by Crippen LogP contribution is 2.40. The van der Waals surface area contributed by atoms with Gasteiger partial charge < -0.3 is 74.4 Å². The number of rotatable bonds is 15. The van der Waals surface area contributed by atoms with Crippen LogP contribution in [0.25, 0.3) is 0 Å². The fourth-order valence-corrected chi connectivity index (χ4v) is 11.1. The third-order valence-electron chi connectivity index (χ3n) is 15.2. The highest BCUT2D eigenvalue weighted by Gasteiger charge is 2.53. The Morgan fingerprint density at radius 1 is 0.928 bits per heavy atom. The lowest BCUT2D eigenvalue weighted by atomic mass is 9.77. The summed E-state index contributed by atoms with van der Waals surface area (Å²) >= 11 is 5.66. The van der Waals surface area contributed by atoms with Crippen molar-refractivity contribution >= 4 is 34.7 Å². The van der Waals surface area contributed by atoms with Gasteiger partial charge in [-0.15, -0.1) is 0 Å². The maximum atomic E-state index is 14.6. The van der Waals surface area contributed by atoms with Gasteiger partial charge in [-0.05, 0) is 144 Å². The Labute approximate surface area is 418 Å². The van der Waals surface area contributed by atoms with Crippen LogP contribution >= 0.6 is 12.2 Å². The lowest BCUT2D eigenvalue weighted by molar-refractivity contribution is -0.318. The molecule has 3 heterocycles. The number of ether oxygens (including phenoxy) is 6. The van der Waals surface area contributed by atoms with Gasteiger partial charge in [-0.1, -0.05) is 20.8 Å². The molecule has 0 bridgehead atoms. The molecule has 0 aliphatic carbocycles. The van der Waals surface area contributed by atoms with Crippen molar-refractivity contribution in [1.29, 1.82) is 0 Å². The normalized spacial score (nSPS) is 40.1. The predicted octanol–water partition coefficient (Wildman–Crippen LogP) is 4.49. The number of anilines is 2. The van der Waals surface area contributed by atoms with Crippen LogP contribution in [-0.2, 0) is 33.2 Å². The van der Waals surface area contributed by atoms with E-state index < -0.39 is 96.0 Å². The van der Waals surface area contributed by atoms with Crippen molar-refractivity contribution in [3.63, 3.8) is 0 Å². The molecule has 398 valence electrons. The number of hydrogen-bond donors (Lipinski definition) is 7. The number of thiocarbonyl (C=S) groups is 1. The van der Waals surface area contributed by atoms with Crippen LogP contribution in [0.4, 0.5) is 11.4 Å². The number of esters is 1. The largest absolute Gasteiger partial charge is 0.459 e. The van der Waals surface area contributed by atoms with Crippen LogP contribution in [0.2, 0.25) is 0 Å². The molecule has 17 nitrogen and oxygen atoms in total. The number of carbonyl (C=O) groups excluding carboxylic acids is 1. The van der Waals surface area contributed by atoms with Gasteiger partial charge in [0.05, 0.1) is 41.5 Å². The third-order valence-corrected chi connectivity index (χ3v) is 15.4. The van der Waals surface area contributed by atoms with Crippen LogP contribution < -0.4 is 15.5 Å². The lowest BCUT2D eigenvalue weighted by Gasteiger charge is -2.48. The number of nitrogens with one attached hydrogen (secondary N) is 2. The van der Waals surface area contributed by atoms with Gasteiger partial charge in [0.1, 0.15) is 30.0 Å². The van der Waals surface area contributed by atoms with Gasteiger partial charge in [-0.25, -0.2) is 0 Å². The molecule has 18 atom stereocenters. The summed E-state index contributed by atoms with van der Waals surface area (Å²) in [6, 6.07) is 7.20. The fraction of sp³-hybridized carbons (Fsp3) is 0.843. The van der Waals surface area contributed by atoms with Gasteiger partial charge in [-0.2, -0.15) is 0 Å². The van der Waals surface area contributed by atoms with Crippen molar-refractivity contribution in [2.75, 3.05) is 64.1 Å². The molecular weight excluding hydrogens is 907 g/mol. The molecule has 0 aromatic heterocycles. The number of methoxy groups -OCH3 is 1. The Balaban J connectivity index is 1.70. The van der Waals surface area contributed by atoms with Gasteiger partial charge in [-0.3, -0.25) is 9.69 Å². The maximum absolute atomic E-state index is 14.6. The van der Waals surface area contributed by atoms with Crippen molar-refractivity contribution in [2.45, 2.75) is 205 Å². The minimum atomic E-state index is -1.89. The highest BCUT2D eigenvalue weighted by atomic mass is 32.1. The number of nitrogens with zero attached hydrogens (tertiary/aromatic N) is 3. The van der Waals surface area contributed by atoms with Gasteiger partial charge in [0.2, 0.25) is 0 Å². The predicted molar refractivity (Wildman–Crippen MR) is 272 cm³/mol. The number of benzene rings is 1. The zero-order valence-corrected chi connectivity index (χ0v) is 45.2. The average molecular weight is 998 g/mol. The van der Waals surface area contributed by atoms with E-state index in [2.05, 4.69) is 46.4 Å². The van der Waals surface area contributed by atoms with Gasteiger partial charge >= 0.3 is 5.97 Å². The second-order valence-corrected chi connectivity index (χ2v) is 21.6. The summed E-state index contributed by atoms with van der Waals surface area (Å²) in [5.74, 6) is -2.78. The van der Waals surface area contributed by atoms with Gasteiger partial charge in [0.15, 0.2) is 17.7 Å². The number of aliphatic hydroxyl groups excluding tert-OH is 3. The molecule has 4 rings (SSSR count).